The van der Waals surface area contributed by atoms with E-state index < -0.39 is 0 Å². The van der Waals surface area contributed by atoms with Crippen LogP contribution in [0.4, 0.5) is 5.95 Å². The lowest BCUT2D eigenvalue weighted by Crippen LogP contribution is -2.14. The summed E-state index contributed by atoms with van der Waals surface area (Å²) in [6.45, 7) is 0. The maximum absolute atomic E-state index is 11.9. The van der Waals surface area contributed by atoms with Crippen molar-refractivity contribution in [2.45, 2.75) is 17.7 Å². The van der Waals surface area contributed by atoms with Crippen molar-refractivity contribution in [2.24, 2.45) is 5.92 Å². The first-order chi connectivity index (χ1) is 11.2. The van der Waals surface area contributed by atoms with Gasteiger partial charge in [-0.3, -0.25) is 10.1 Å². The van der Waals surface area contributed by atoms with Crippen LogP contribution in [0.15, 0.2) is 47.4 Å². The average Bonchev–Trinajstić information content (AvgIpc) is 3.35. The number of anilines is 1. The van der Waals surface area contributed by atoms with E-state index in [1.54, 1.807) is 16.3 Å². The van der Waals surface area contributed by atoms with Crippen molar-refractivity contribution in [2.75, 3.05) is 11.6 Å². The molecule has 4 rings (SSSR count). The van der Waals surface area contributed by atoms with Gasteiger partial charge in [-0.15, -0.1) is 16.9 Å². The molecule has 2 heterocycles. The number of rotatable bonds is 4. The zero-order valence-electron chi connectivity index (χ0n) is 12.7. The van der Waals surface area contributed by atoms with E-state index in [1.165, 1.54) is 4.90 Å². The maximum Gasteiger partial charge on any atom is 0.249 e. The minimum absolute atomic E-state index is 0.0202. The van der Waals surface area contributed by atoms with Crippen LogP contribution in [-0.2, 0) is 4.79 Å². The fraction of sp³-hybridized carbons (Fsp3) is 0.235. The second-order valence-electron chi connectivity index (χ2n) is 5.61. The van der Waals surface area contributed by atoms with E-state index in [1.807, 2.05) is 18.2 Å². The largest absolute Gasteiger partial charge is 0.293 e. The Morgan fingerprint density at radius 1 is 1.22 bits per heavy atom. The van der Waals surface area contributed by atoms with Gasteiger partial charge in [0.1, 0.15) is 0 Å². The minimum Gasteiger partial charge on any atom is -0.293 e. The molecule has 1 fully saturated rings. The standard InChI is InChI=1S/C17H16N4OS/c1-23-13-9-7-11(8-10-13)14-3-2-4-15-18-17(20-21(14)15)19-16(22)12-5-6-12/h2-4,7-10,12H,5-6H2,1H3,(H,19,20,22). The first-order valence-electron chi connectivity index (χ1n) is 7.56. The third-order valence-electron chi connectivity index (χ3n) is 3.93. The van der Waals surface area contributed by atoms with Crippen LogP contribution in [0.1, 0.15) is 12.8 Å². The monoisotopic (exact) mass is 324 g/mol. The van der Waals surface area contributed by atoms with E-state index in [2.05, 4.69) is 45.9 Å². The highest BCUT2D eigenvalue weighted by atomic mass is 32.2. The fourth-order valence-corrected chi connectivity index (χ4v) is 2.90. The molecule has 23 heavy (non-hydrogen) atoms. The van der Waals surface area contributed by atoms with Crippen molar-refractivity contribution < 1.29 is 4.79 Å². The molecule has 0 saturated heterocycles. The molecule has 1 amide bonds. The molecule has 1 aliphatic carbocycles. The maximum atomic E-state index is 11.9. The number of amides is 1. The Morgan fingerprint density at radius 2 is 2.00 bits per heavy atom. The van der Waals surface area contributed by atoms with Crippen molar-refractivity contribution in [3.8, 4) is 11.3 Å². The van der Waals surface area contributed by atoms with Crippen LogP contribution >= 0.6 is 11.8 Å². The van der Waals surface area contributed by atoms with Crippen molar-refractivity contribution in [1.82, 2.24) is 14.6 Å². The summed E-state index contributed by atoms with van der Waals surface area (Å²) in [6.07, 6.45) is 3.99. The van der Waals surface area contributed by atoms with Gasteiger partial charge in [0.2, 0.25) is 11.9 Å². The van der Waals surface area contributed by atoms with Gasteiger partial charge in [-0.25, -0.2) is 4.52 Å². The molecular weight excluding hydrogens is 308 g/mol. The SMILES string of the molecule is CSc1ccc(-c2cccc3nc(NC(=O)C4CC4)nn23)cc1. The van der Waals surface area contributed by atoms with Crippen molar-refractivity contribution in [1.29, 1.82) is 0 Å². The molecule has 0 radical (unpaired) electrons. The predicted octanol–water partition coefficient (Wildman–Crippen LogP) is 3.47. The summed E-state index contributed by atoms with van der Waals surface area (Å²) in [6, 6.07) is 14.2. The fourth-order valence-electron chi connectivity index (χ4n) is 2.50. The Morgan fingerprint density at radius 3 is 2.70 bits per heavy atom. The Balaban J connectivity index is 1.71. The lowest BCUT2D eigenvalue weighted by molar-refractivity contribution is -0.117. The Kier molecular flexibility index (Phi) is 3.53. The Labute approximate surface area is 138 Å². The van der Waals surface area contributed by atoms with Crippen LogP contribution < -0.4 is 5.32 Å². The number of hydrogen-bond acceptors (Lipinski definition) is 4. The summed E-state index contributed by atoms with van der Waals surface area (Å²) in [4.78, 5) is 17.5. The topological polar surface area (TPSA) is 59.3 Å². The molecule has 0 bridgehead atoms. The highest BCUT2D eigenvalue weighted by molar-refractivity contribution is 7.98. The summed E-state index contributed by atoms with van der Waals surface area (Å²) >= 11 is 1.71. The number of hydrogen-bond donors (Lipinski definition) is 1. The van der Waals surface area contributed by atoms with Crippen LogP contribution in [0, 0.1) is 5.92 Å². The van der Waals surface area contributed by atoms with Crippen LogP contribution in [-0.4, -0.2) is 26.8 Å². The molecule has 116 valence electrons. The van der Waals surface area contributed by atoms with E-state index in [-0.39, 0.29) is 11.8 Å². The smallest absolute Gasteiger partial charge is 0.249 e. The highest BCUT2D eigenvalue weighted by Gasteiger charge is 2.30. The zero-order valence-corrected chi connectivity index (χ0v) is 13.5. The quantitative estimate of drug-likeness (QED) is 0.747. The molecule has 0 spiro atoms. The predicted molar refractivity (Wildman–Crippen MR) is 91.6 cm³/mol. The molecular formula is C17H16N4OS. The molecule has 2 aromatic heterocycles. The van der Waals surface area contributed by atoms with Gasteiger partial charge in [0.25, 0.3) is 0 Å². The lowest BCUT2D eigenvalue weighted by Gasteiger charge is -2.05. The van der Waals surface area contributed by atoms with Gasteiger partial charge >= 0.3 is 0 Å². The number of benzene rings is 1. The third-order valence-corrected chi connectivity index (χ3v) is 4.67. The van der Waals surface area contributed by atoms with E-state index in [0.717, 1.165) is 29.7 Å². The van der Waals surface area contributed by atoms with Crippen molar-refractivity contribution in [3.63, 3.8) is 0 Å². The molecule has 0 unspecified atom stereocenters. The van der Waals surface area contributed by atoms with Gasteiger partial charge in [0, 0.05) is 16.4 Å². The molecule has 3 aromatic rings. The number of fused-ring (bicyclic) bond motifs is 1. The molecule has 0 aliphatic heterocycles. The average molecular weight is 324 g/mol. The van der Waals surface area contributed by atoms with Crippen molar-refractivity contribution in [3.05, 3.63) is 42.5 Å². The Hall–Kier alpha value is -2.34. The van der Waals surface area contributed by atoms with Crippen molar-refractivity contribution >= 4 is 29.3 Å². The van der Waals surface area contributed by atoms with Crippen LogP contribution in [0.5, 0.6) is 0 Å². The first kappa shape index (κ1) is 14.3. The molecule has 1 aliphatic rings. The molecule has 1 aromatic carbocycles. The number of aromatic nitrogens is 3. The normalized spacial score (nSPS) is 14.1. The van der Waals surface area contributed by atoms with Crippen LogP contribution in [0.3, 0.4) is 0 Å². The number of carbonyl (C=O) groups excluding carboxylic acids is 1. The molecule has 1 saturated carbocycles. The van der Waals surface area contributed by atoms with E-state index in [0.29, 0.717) is 5.95 Å². The van der Waals surface area contributed by atoms with Gasteiger partial charge in [0.05, 0.1) is 5.69 Å². The molecule has 5 nitrogen and oxygen atoms in total. The minimum atomic E-state index is 0.0202. The second kappa shape index (κ2) is 5.70. The summed E-state index contributed by atoms with van der Waals surface area (Å²) < 4.78 is 1.77. The summed E-state index contributed by atoms with van der Waals surface area (Å²) in [5.41, 5.74) is 2.75. The van der Waals surface area contributed by atoms with Gasteiger partial charge in [-0.05, 0) is 43.4 Å². The van der Waals surface area contributed by atoms with Crippen LogP contribution in [0.25, 0.3) is 16.9 Å². The van der Waals surface area contributed by atoms with E-state index >= 15 is 0 Å². The number of nitrogens with one attached hydrogen (secondary N) is 1. The van der Waals surface area contributed by atoms with Crippen LogP contribution in [0.2, 0.25) is 0 Å². The van der Waals surface area contributed by atoms with Gasteiger partial charge in [0.15, 0.2) is 5.65 Å². The number of pyridine rings is 1. The Bertz CT molecular complexity index is 868. The second-order valence-corrected chi connectivity index (χ2v) is 6.49. The molecule has 6 heteroatoms. The lowest BCUT2D eigenvalue weighted by atomic mass is 10.1. The highest BCUT2D eigenvalue weighted by Crippen LogP contribution is 2.30. The van der Waals surface area contributed by atoms with E-state index in [9.17, 15) is 4.79 Å². The summed E-state index contributed by atoms with van der Waals surface area (Å²) in [5.74, 6) is 0.530. The summed E-state index contributed by atoms with van der Waals surface area (Å²) in [7, 11) is 0. The first-order valence-corrected chi connectivity index (χ1v) is 8.78. The van der Waals surface area contributed by atoms with Gasteiger partial charge in [-0.2, -0.15) is 4.98 Å². The zero-order chi connectivity index (χ0) is 15.8. The molecule has 0 atom stereocenters. The van der Waals surface area contributed by atoms with Gasteiger partial charge < -0.3 is 0 Å². The number of carbonyl (C=O) groups is 1. The molecule has 1 N–H and O–H groups in total. The third kappa shape index (κ3) is 2.82. The number of nitrogens with zero attached hydrogens (tertiary/aromatic N) is 3. The summed E-state index contributed by atoms with van der Waals surface area (Å²) in [5, 5.41) is 7.26. The number of thioether (sulfide) groups is 1. The van der Waals surface area contributed by atoms with E-state index in [4.69, 9.17) is 0 Å². The van der Waals surface area contributed by atoms with Gasteiger partial charge in [-0.1, -0.05) is 18.2 Å².